The zero-order chi connectivity index (χ0) is 11.9. The average molecular weight is 250 g/mol. The Morgan fingerprint density at radius 2 is 1.50 bits per heavy atom. The SMILES string of the molecule is O.O=CC(=O)c1ccccc1.O=S(=O)(O)O. The molecule has 0 radical (unpaired) electrons. The molecule has 1 aromatic carbocycles. The maximum absolute atomic E-state index is 10.6. The third kappa shape index (κ3) is 10.5. The molecular formula is C8H10O7S. The van der Waals surface area contributed by atoms with Crippen molar-refractivity contribution in [2.45, 2.75) is 0 Å². The number of hydrogen-bond donors (Lipinski definition) is 2. The molecule has 0 amide bonds. The van der Waals surface area contributed by atoms with E-state index in [0.29, 0.717) is 11.8 Å². The zero-order valence-corrected chi connectivity index (χ0v) is 8.72. The van der Waals surface area contributed by atoms with Crippen LogP contribution in [0.25, 0.3) is 0 Å². The first-order valence-electron chi connectivity index (χ1n) is 3.59. The summed E-state index contributed by atoms with van der Waals surface area (Å²) in [6.45, 7) is 0. The summed E-state index contributed by atoms with van der Waals surface area (Å²) in [5, 5.41) is 0. The van der Waals surface area contributed by atoms with Crippen LogP contribution in [0.5, 0.6) is 0 Å². The highest BCUT2D eigenvalue weighted by Gasteiger charge is 1.99. The molecule has 90 valence electrons. The maximum Gasteiger partial charge on any atom is 0.394 e. The first kappa shape index (κ1) is 16.8. The summed E-state index contributed by atoms with van der Waals surface area (Å²) in [5.41, 5.74) is 0.442. The second-order valence-electron chi connectivity index (χ2n) is 2.30. The Hall–Kier alpha value is -1.61. The molecule has 0 aliphatic carbocycles. The van der Waals surface area contributed by atoms with Gasteiger partial charge in [-0.3, -0.25) is 18.7 Å². The molecule has 7 nitrogen and oxygen atoms in total. The fourth-order valence-electron chi connectivity index (χ4n) is 0.670. The van der Waals surface area contributed by atoms with Crippen LogP contribution in [0.15, 0.2) is 30.3 Å². The topological polar surface area (TPSA) is 140 Å². The lowest BCUT2D eigenvalue weighted by molar-refractivity contribution is -0.104. The Balaban J connectivity index is 0. The number of rotatable bonds is 2. The Bertz CT molecular complexity index is 415. The van der Waals surface area contributed by atoms with Gasteiger partial charge >= 0.3 is 10.4 Å². The van der Waals surface area contributed by atoms with Gasteiger partial charge in [-0.2, -0.15) is 8.42 Å². The molecule has 16 heavy (non-hydrogen) atoms. The van der Waals surface area contributed by atoms with Crippen LogP contribution < -0.4 is 0 Å². The molecule has 0 atom stereocenters. The third-order valence-corrected chi connectivity index (χ3v) is 1.17. The molecule has 8 heteroatoms. The summed E-state index contributed by atoms with van der Waals surface area (Å²) in [5.74, 6) is -0.472. The van der Waals surface area contributed by atoms with Crippen molar-refractivity contribution in [3.8, 4) is 0 Å². The van der Waals surface area contributed by atoms with Gasteiger partial charge in [0.1, 0.15) is 0 Å². The number of Topliss-reactive ketones (excluding diaryl/α,β-unsaturated/α-hetero) is 1. The summed E-state index contributed by atoms with van der Waals surface area (Å²) < 4.78 is 31.6. The highest BCUT2D eigenvalue weighted by Crippen LogP contribution is 1.96. The van der Waals surface area contributed by atoms with E-state index >= 15 is 0 Å². The molecule has 1 aromatic rings. The lowest BCUT2D eigenvalue weighted by Crippen LogP contribution is -1.97. The van der Waals surface area contributed by atoms with Crippen LogP contribution >= 0.6 is 0 Å². The van der Waals surface area contributed by atoms with Crippen molar-refractivity contribution in [2.24, 2.45) is 0 Å². The second kappa shape index (κ2) is 7.65. The largest absolute Gasteiger partial charge is 0.412 e. The van der Waals surface area contributed by atoms with E-state index in [1.54, 1.807) is 30.3 Å². The zero-order valence-electron chi connectivity index (χ0n) is 7.90. The molecule has 0 spiro atoms. The van der Waals surface area contributed by atoms with Crippen molar-refractivity contribution in [1.29, 1.82) is 0 Å². The normalized spacial score (nSPS) is 9.12. The lowest BCUT2D eigenvalue weighted by atomic mass is 10.1. The smallest absolute Gasteiger partial charge is 0.394 e. The van der Waals surface area contributed by atoms with Gasteiger partial charge in [0.05, 0.1) is 0 Å². The molecule has 0 bridgehead atoms. The van der Waals surface area contributed by atoms with Gasteiger partial charge < -0.3 is 5.48 Å². The summed E-state index contributed by atoms with van der Waals surface area (Å²) in [6, 6.07) is 8.45. The average Bonchev–Trinajstić information content (AvgIpc) is 2.15. The van der Waals surface area contributed by atoms with Crippen molar-refractivity contribution in [2.75, 3.05) is 0 Å². The first-order chi connectivity index (χ1) is 6.84. The number of hydrogen-bond acceptors (Lipinski definition) is 4. The summed E-state index contributed by atoms with van der Waals surface area (Å²) >= 11 is 0. The molecule has 0 aliphatic rings. The van der Waals surface area contributed by atoms with Crippen LogP contribution in [0.3, 0.4) is 0 Å². The molecule has 4 N–H and O–H groups in total. The maximum atomic E-state index is 10.6. The molecule has 0 fully saturated rings. The van der Waals surface area contributed by atoms with Crippen molar-refractivity contribution in [3.05, 3.63) is 35.9 Å². The Labute approximate surface area is 91.6 Å². The van der Waals surface area contributed by atoms with Crippen LogP contribution in [0, 0.1) is 0 Å². The van der Waals surface area contributed by atoms with E-state index in [1.807, 2.05) is 0 Å². The summed E-state index contributed by atoms with van der Waals surface area (Å²) in [6.07, 6.45) is 0.315. The van der Waals surface area contributed by atoms with E-state index in [0.717, 1.165) is 0 Å². The van der Waals surface area contributed by atoms with Crippen molar-refractivity contribution in [3.63, 3.8) is 0 Å². The van der Waals surface area contributed by atoms with E-state index in [4.69, 9.17) is 17.5 Å². The molecular weight excluding hydrogens is 240 g/mol. The first-order valence-corrected chi connectivity index (χ1v) is 4.98. The van der Waals surface area contributed by atoms with E-state index in [2.05, 4.69) is 0 Å². The Morgan fingerprint density at radius 3 is 1.81 bits per heavy atom. The Kier molecular flexibility index (Phi) is 8.04. The summed E-state index contributed by atoms with van der Waals surface area (Å²) in [4.78, 5) is 20.6. The second-order valence-corrected chi connectivity index (χ2v) is 3.19. The molecule has 1 rings (SSSR count). The van der Waals surface area contributed by atoms with E-state index in [-0.39, 0.29) is 5.48 Å². The van der Waals surface area contributed by atoms with Gasteiger partial charge in [-0.25, -0.2) is 0 Å². The predicted octanol–water partition coefficient (Wildman–Crippen LogP) is -0.409. The number of carbonyl (C=O) groups excluding carboxylic acids is 2. The number of aldehydes is 1. The van der Waals surface area contributed by atoms with Crippen LogP contribution in [-0.2, 0) is 15.2 Å². The van der Waals surface area contributed by atoms with Crippen molar-refractivity contribution in [1.82, 2.24) is 0 Å². The van der Waals surface area contributed by atoms with Crippen LogP contribution in [0.4, 0.5) is 0 Å². The van der Waals surface area contributed by atoms with Gasteiger partial charge in [0, 0.05) is 5.56 Å². The fourth-order valence-corrected chi connectivity index (χ4v) is 0.670. The van der Waals surface area contributed by atoms with Crippen LogP contribution in [0.2, 0.25) is 0 Å². The van der Waals surface area contributed by atoms with E-state index < -0.39 is 16.2 Å². The number of benzene rings is 1. The van der Waals surface area contributed by atoms with Crippen molar-refractivity contribution >= 4 is 22.5 Å². The molecule has 0 saturated heterocycles. The minimum atomic E-state index is -4.67. The quantitative estimate of drug-likeness (QED) is 0.316. The number of ketones is 1. The highest BCUT2D eigenvalue weighted by atomic mass is 32.3. The fraction of sp³-hybridized carbons (Fsp3) is 0. The lowest BCUT2D eigenvalue weighted by Gasteiger charge is -1.88. The standard InChI is InChI=1S/C8H6O2.H2O4S.H2O/c9-6-8(10)7-4-2-1-3-5-7;1-5(2,3)4;/h1-6H;(H2,1,2,3,4);1H2. The number of carbonyl (C=O) groups is 2. The van der Waals surface area contributed by atoms with E-state index in [9.17, 15) is 9.59 Å². The third-order valence-electron chi connectivity index (χ3n) is 1.17. The van der Waals surface area contributed by atoms with E-state index in [1.165, 1.54) is 0 Å². The highest BCUT2D eigenvalue weighted by molar-refractivity contribution is 7.79. The van der Waals surface area contributed by atoms with Gasteiger partial charge in [0.25, 0.3) is 0 Å². The minimum Gasteiger partial charge on any atom is -0.412 e. The predicted molar refractivity (Wildman–Crippen MR) is 54.6 cm³/mol. The molecule has 0 aliphatic heterocycles. The van der Waals surface area contributed by atoms with Gasteiger partial charge in [-0.1, -0.05) is 30.3 Å². The van der Waals surface area contributed by atoms with Crippen molar-refractivity contribution < 1.29 is 32.6 Å². The molecule has 0 aromatic heterocycles. The van der Waals surface area contributed by atoms with Crippen LogP contribution in [-0.4, -0.2) is 35.1 Å². The van der Waals surface area contributed by atoms with Gasteiger partial charge in [0.15, 0.2) is 6.29 Å². The van der Waals surface area contributed by atoms with Gasteiger partial charge in [0.2, 0.25) is 5.78 Å². The van der Waals surface area contributed by atoms with Crippen LogP contribution in [0.1, 0.15) is 10.4 Å². The molecule has 0 saturated carbocycles. The van der Waals surface area contributed by atoms with Gasteiger partial charge in [-0.15, -0.1) is 0 Å². The minimum absolute atomic E-state index is 0. The molecule has 0 heterocycles. The monoisotopic (exact) mass is 250 g/mol. The van der Waals surface area contributed by atoms with Gasteiger partial charge in [-0.05, 0) is 0 Å². The molecule has 0 unspecified atom stereocenters. The Morgan fingerprint density at radius 1 is 1.12 bits per heavy atom. The summed E-state index contributed by atoms with van der Waals surface area (Å²) in [7, 11) is -4.67.